The van der Waals surface area contributed by atoms with Gasteiger partial charge in [-0.2, -0.15) is 0 Å². The lowest BCUT2D eigenvalue weighted by molar-refractivity contribution is -0.137. The Kier molecular flexibility index (Phi) is 10.5. The first kappa shape index (κ1) is 28.9. The number of aromatic nitrogens is 2. The van der Waals surface area contributed by atoms with Gasteiger partial charge in [0, 0.05) is 35.6 Å². The first-order valence-corrected chi connectivity index (χ1v) is 12.9. The van der Waals surface area contributed by atoms with Crippen LogP contribution in [0, 0.1) is 11.6 Å². The maximum Gasteiger partial charge on any atom is 0.413 e. The number of nitrogens with zero attached hydrogens (tertiary/aromatic N) is 3. The highest BCUT2D eigenvalue weighted by Gasteiger charge is 2.23. The molecule has 0 bridgehead atoms. The summed E-state index contributed by atoms with van der Waals surface area (Å²) < 4.78 is 33.5. The van der Waals surface area contributed by atoms with E-state index in [1.54, 1.807) is 0 Å². The molecule has 202 valence electrons. The summed E-state index contributed by atoms with van der Waals surface area (Å²) in [6.07, 6.45) is -0.545. The summed E-state index contributed by atoms with van der Waals surface area (Å²) in [6, 6.07) is 9.70. The Hall–Kier alpha value is -3.65. The zero-order valence-electron chi connectivity index (χ0n) is 20.1. The standard InChI is InChI=1S/C24H24BrF2N5O5S/c1-32(23(35)28-12-15-4-2-6-18(26)20(15)27)17(5-3-7-19(33)34)13-37-24(36)29-22-31-30-21(38-22)14-8-10-16(25)11-9-14/h2,4,6,8-11,17H,3,5,7,12-13H2,1H3,(H,28,35)(H,33,34)(H,29,31,36)/t17-/m0/s1. The van der Waals surface area contributed by atoms with Crippen molar-refractivity contribution >= 4 is 50.5 Å². The Morgan fingerprint density at radius 2 is 1.89 bits per heavy atom. The van der Waals surface area contributed by atoms with E-state index in [-0.39, 0.29) is 43.1 Å². The molecule has 0 aliphatic carbocycles. The molecule has 10 nitrogen and oxygen atoms in total. The Bertz CT molecular complexity index is 1280. The molecule has 3 N–H and O–H groups in total. The van der Waals surface area contributed by atoms with Gasteiger partial charge in [-0.05, 0) is 31.0 Å². The van der Waals surface area contributed by atoms with Crippen molar-refractivity contribution in [2.45, 2.75) is 31.8 Å². The van der Waals surface area contributed by atoms with Gasteiger partial charge in [-0.1, -0.05) is 51.5 Å². The third kappa shape index (κ3) is 8.45. The normalized spacial score (nSPS) is 11.5. The number of likely N-dealkylation sites (N-methyl/N-ethyl adjacent to an activating group) is 1. The van der Waals surface area contributed by atoms with Gasteiger partial charge in [0.05, 0.1) is 6.04 Å². The van der Waals surface area contributed by atoms with Crippen molar-refractivity contribution in [3.05, 3.63) is 64.1 Å². The van der Waals surface area contributed by atoms with Crippen LogP contribution >= 0.6 is 27.3 Å². The Morgan fingerprint density at radius 3 is 2.61 bits per heavy atom. The molecular weight excluding hydrogens is 588 g/mol. The van der Waals surface area contributed by atoms with Gasteiger partial charge in [-0.25, -0.2) is 18.4 Å². The highest BCUT2D eigenvalue weighted by molar-refractivity contribution is 9.10. The highest BCUT2D eigenvalue weighted by atomic mass is 79.9. The average Bonchev–Trinajstić information content (AvgIpc) is 3.34. The number of hydrogen-bond acceptors (Lipinski definition) is 7. The number of hydrogen-bond donors (Lipinski definition) is 3. The van der Waals surface area contributed by atoms with Crippen LogP contribution in [0.4, 0.5) is 23.5 Å². The Morgan fingerprint density at radius 1 is 1.16 bits per heavy atom. The van der Waals surface area contributed by atoms with E-state index in [4.69, 9.17) is 9.84 Å². The molecule has 0 saturated heterocycles. The molecule has 0 aliphatic rings. The molecule has 0 saturated carbocycles. The third-order valence-corrected chi connectivity index (χ3v) is 6.81. The zero-order valence-corrected chi connectivity index (χ0v) is 22.5. The molecule has 14 heteroatoms. The van der Waals surface area contributed by atoms with Crippen molar-refractivity contribution < 1.29 is 33.0 Å². The molecule has 0 aliphatic heterocycles. The van der Waals surface area contributed by atoms with E-state index in [1.807, 2.05) is 24.3 Å². The fraction of sp³-hybridized carbons (Fsp3) is 0.292. The van der Waals surface area contributed by atoms with Crippen LogP contribution < -0.4 is 10.6 Å². The van der Waals surface area contributed by atoms with Gasteiger partial charge in [-0.15, -0.1) is 10.2 Å². The predicted octanol–water partition coefficient (Wildman–Crippen LogP) is 5.26. The number of carboxylic acid groups (broad SMARTS) is 1. The minimum absolute atomic E-state index is 0.0376. The number of halogens is 3. The topological polar surface area (TPSA) is 134 Å². The van der Waals surface area contributed by atoms with Crippen LogP contribution in [0.2, 0.25) is 0 Å². The van der Waals surface area contributed by atoms with Gasteiger partial charge in [-0.3, -0.25) is 10.1 Å². The fourth-order valence-corrected chi connectivity index (χ4v) is 4.30. The number of carbonyl (C=O) groups excluding carboxylic acids is 2. The molecule has 3 rings (SSSR count). The second-order valence-corrected chi connectivity index (χ2v) is 9.96. The van der Waals surface area contributed by atoms with Crippen molar-refractivity contribution in [2.24, 2.45) is 0 Å². The third-order valence-electron chi connectivity index (χ3n) is 5.39. The SMILES string of the molecule is CN(C(=O)NCc1cccc(F)c1F)[C@@H](CCCC(=O)O)COC(=O)Nc1nnc(-c2ccc(Br)cc2)s1. The highest BCUT2D eigenvalue weighted by Crippen LogP contribution is 2.27. The Labute approximate surface area is 229 Å². The van der Waals surface area contributed by atoms with Crippen LogP contribution in [0.1, 0.15) is 24.8 Å². The molecule has 1 heterocycles. The molecule has 2 aromatic carbocycles. The van der Waals surface area contributed by atoms with Gasteiger partial charge in [0.15, 0.2) is 11.6 Å². The number of rotatable bonds is 11. The number of nitrogens with one attached hydrogen (secondary N) is 2. The lowest BCUT2D eigenvalue weighted by Gasteiger charge is -2.28. The van der Waals surface area contributed by atoms with Gasteiger partial charge in [0.1, 0.15) is 11.6 Å². The number of aliphatic carboxylic acids is 1. The second kappa shape index (κ2) is 13.8. The first-order chi connectivity index (χ1) is 18.1. The van der Waals surface area contributed by atoms with Crippen LogP contribution in [0.5, 0.6) is 0 Å². The summed E-state index contributed by atoms with van der Waals surface area (Å²) >= 11 is 4.50. The van der Waals surface area contributed by atoms with Crippen LogP contribution in [0.3, 0.4) is 0 Å². The second-order valence-electron chi connectivity index (χ2n) is 8.07. The summed E-state index contributed by atoms with van der Waals surface area (Å²) in [7, 11) is 1.43. The minimum Gasteiger partial charge on any atom is -0.481 e. The predicted molar refractivity (Wildman–Crippen MR) is 140 cm³/mol. The summed E-state index contributed by atoms with van der Waals surface area (Å²) in [5.74, 6) is -3.10. The van der Waals surface area contributed by atoms with Crippen molar-refractivity contribution in [2.75, 3.05) is 19.0 Å². The molecular formula is C24H24BrF2N5O5S. The summed E-state index contributed by atoms with van der Waals surface area (Å²) in [4.78, 5) is 37.2. The van der Waals surface area contributed by atoms with E-state index in [0.29, 0.717) is 5.01 Å². The van der Waals surface area contributed by atoms with Crippen LogP contribution in [-0.4, -0.2) is 58.0 Å². The van der Waals surface area contributed by atoms with E-state index >= 15 is 0 Å². The molecule has 0 fully saturated rings. The first-order valence-electron chi connectivity index (χ1n) is 11.3. The van der Waals surface area contributed by atoms with Gasteiger partial charge in [0.2, 0.25) is 5.13 Å². The van der Waals surface area contributed by atoms with Crippen molar-refractivity contribution in [3.63, 3.8) is 0 Å². The van der Waals surface area contributed by atoms with Crippen LogP contribution in [0.25, 0.3) is 10.6 Å². The number of amides is 3. The van der Waals surface area contributed by atoms with Gasteiger partial charge >= 0.3 is 18.1 Å². The maximum atomic E-state index is 13.9. The van der Waals surface area contributed by atoms with Crippen molar-refractivity contribution in [1.29, 1.82) is 0 Å². The molecule has 0 radical (unpaired) electrons. The lowest BCUT2D eigenvalue weighted by atomic mass is 10.1. The van der Waals surface area contributed by atoms with E-state index < -0.39 is 35.8 Å². The van der Waals surface area contributed by atoms with E-state index in [9.17, 15) is 23.2 Å². The number of carboxylic acids is 1. The molecule has 3 aromatic rings. The fourth-order valence-electron chi connectivity index (χ4n) is 3.30. The number of urea groups is 1. The van der Waals surface area contributed by atoms with E-state index in [0.717, 1.165) is 27.4 Å². The minimum atomic E-state index is -1.06. The summed E-state index contributed by atoms with van der Waals surface area (Å²) in [5.41, 5.74) is 0.778. The summed E-state index contributed by atoms with van der Waals surface area (Å²) in [6.45, 7) is -0.518. The van der Waals surface area contributed by atoms with Gasteiger partial charge in [0.25, 0.3) is 0 Å². The van der Waals surface area contributed by atoms with Gasteiger partial charge < -0.3 is 20.1 Å². The van der Waals surface area contributed by atoms with E-state index in [2.05, 4.69) is 36.8 Å². The summed E-state index contributed by atoms with van der Waals surface area (Å²) in [5, 5.41) is 22.7. The number of carbonyl (C=O) groups is 3. The van der Waals surface area contributed by atoms with Crippen molar-refractivity contribution in [1.82, 2.24) is 20.4 Å². The number of anilines is 1. The van der Waals surface area contributed by atoms with Crippen LogP contribution in [0.15, 0.2) is 46.9 Å². The molecule has 0 spiro atoms. The molecule has 38 heavy (non-hydrogen) atoms. The quantitative estimate of drug-likeness (QED) is 0.269. The smallest absolute Gasteiger partial charge is 0.413 e. The molecule has 1 aromatic heterocycles. The lowest BCUT2D eigenvalue weighted by Crippen LogP contribution is -2.46. The van der Waals surface area contributed by atoms with Crippen LogP contribution in [-0.2, 0) is 16.1 Å². The number of ether oxygens (including phenoxy) is 1. The average molecular weight is 612 g/mol. The largest absolute Gasteiger partial charge is 0.481 e. The molecule has 0 unspecified atom stereocenters. The monoisotopic (exact) mass is 611 g/mol. The molecule has 3 amide bonds. The van der Waals surface area contributed by atoms with Crippen molar-refractivity contribution in [3.8, 4) is 10.6 Å². The maximum absolute atomic E-state index is 13.9. The van der Waals surface area contributed by atoms with E-state index in [1.165, 1.54) is 24.1 Å². The number of benzene rings is 2. The molecule has 1 atom stereocenters. The zero-order chi connectivity index (χ0) is 27.7. The Balaban J connectivity index is 1.57.